The highest BCUT2D eigenvalue weighted by Crippen LogP contribution is 2.26. The molecule has 2 N–H and O–H groups in total. The fraction of sp³-hybridized carbons (Fsp3) is 0.286. The molecule has 0 bridgehead atoms. The van der Waals surface area contributed by atoms with Crippen LogP contribution in [-0.2, 0) is 9.59 Å². The number of nitrogens with zero attached hydrogens (tertiary/aromatic N) is 2. The number of nitrogens with one attached hydrogen (secondary N) is 2. The minimum absolute atomic E-state index is 0. The smallest absolute Gasteiger partial charge is 0.254 e. The molecule has 3 amide bonds. The van der Waals surface area contributed by atoms with Crippen molar-refractivity contribution in [1.82, 2.24) is 15.6 Å². The minimum Gasteiger partial charge on any atom is -0.329 e. The summed E-state index contributed by atoms with van der Waals surface area (Å²) in [6.45, 7) is 1.70. The van der Waals surface area contributed by atoms with Gasteiger partial charge in [0.1, 0.15) is 5.82 Å². The fourth-order valence-corrected chi connectivity index (χ4v) is 3.66. The molecule has 9 heteroatoms. The van der Waals surface area contributed by atoms with Crippen molar-refractivity contribution in [3.8, 4) is 0 Å². The first-order valence-electron chi connectivity index (χ1n) is 9.52. The Morgan fingerprint density at radius 1 is 1.07 bits per heavy atom. The van der Waals surface area contributed by atoms with E-state index in [-0.39, 0.29) is 54.8 Å². The molecule has 1 unspecified atom stereocenters. The molecule has 30 heavy (non-hydrogen) atoms. The van der Waals surface area contributed by atoms with Crippen molar-refractivity contribution in [2.45, 2.75) is 18.9 Å². The number of hydrogen-bond acceptors (Lipinski definition) is 4. The van der Waals surface area contributed by atoms with Crippen molar-refractivity contribution in [2.75, 3.05) is 24.6 Å². The molecule has 2 fully saturated rings. The summed E-state index contributed by atoms with van der Waals surface area (Å²) in [4.78, 5) is 38.5. The summed E-state index contributed by atoms with van der Waals surface area (Å²) in [6.07, 6.45) is 0.332. The molecule has 1 atom stereocenters. The monoisotopic (exact) mass is 432 g/mol. The maximum Gasteiger partial charge on any atom is 0.254 e. The number of hydrazine groups is 1. The molecule has 0 saturated carbocycles. The van der Waals surface area contributed by atoms with Crippen LogP contribution >= 0.6 is 12.4 Å². The van der Waals surface area contributed by atoms with E-state index in [1.807, 2.05) is 6.07 Å². The topological polar surface area (TPSA) is 81.8 Å². The highest BCUT2D eigenvalue weighted by atomic mass is 35.5. The Labute approximate surface area is 179 Å². The maximum absolute atomic E-state index is 13.7. The lowest BCUT2D eigenvalue weighted by atomic mass is 10.0. The number of carbonyl (C=O) groups excluding carboxylic acids is 3. The third-order valence-electron chi connectivity index (χ3n) is 5.16. The summed E-state index contributed by atoms with van der Waals surface area (Å²) in [5.74, 6) is -0.917. The van der Waals surface area contributed by atoms with Crippen molar-refractivity contribution in [3.63, 3.8) is 0 Å². The molecular formula is C21H22ClFN4O3. The first kappa shape index (κ1) is 21.7. The lowest BCUT2D eigenvalue weighted by Gasteiger charge is -2.36. The van der Waals surface area contributed by atoms with E-state index in [1.165, 1.54) is 17.1 Å². The molecule has 2 aliphatic rings. The standard InChI is InChI=1S/C21H21FN4O3.ClH/c22-16-3-1-2-15(12-16)18-13-23-10-11-25(18)21(29)14-4-6-17(7-5-14)26-20(28)9-8-19(27)24-26;/h1-7,12,18,23H,8-11,13H2,(H,24,27);1H. The van der Waals surface area contributed by atoms with E-state index >= 15 is 0 Å². The Bertz CT molecular complexity index is 954. The van der Waals surface area contributed by atoms with Crippen molar-refractivity contribution in [1.29, 1.82) is 0 Å². The molecule has 2 heterocycles. The highest BCUT2D eigenvalue weighted by molar-refractivity contribution is 6.01. The van der Waals surface area contributed by atoms with Gasteiger partial charge in [-0.3, -0.25) is 19.8 Å². The Hall–Kier alpha value is -2.97. The molecule has 4 rings (SSSR count). The van der Waals surface area contributed by atoms with Gasteiger partial charge in [0.2, 0.25) is 11.8 Å². The van der Waals surface area contributed by atoms with E-state index < -0.39 is 0 Å². The van der Waals surface area contributed by atoms with Crippen molar-refractivity contribution >= 4 is 35.8 Å². The van der Waals surface area contributed by atoms with Gasteiger partial charge in [0.15, 0.2) is 0 Å². The molecule has 0 spiro atoms. The van der Waals surface area contributed by atoms with Crippen molar-refractivity contribution in [2.24, 2.45) is 0 Å². The summed E-state index contributed by atoms with van der Waals surface area (Å²) in [6, 6.07) is 12.6. The zero-order valence-corrected chi connectivity index (χ0v) is 17.0. The van der Waals surface area contributed by atoms with E-state index in [2.05, 4.69) is 10.7 Å². The van der Waals surface area contributed by atoms with Gasteiger partial charge in [-0.25, -0.2) is 9.40 Å². The number of amides is 3. The molecule has 2 aromatic carbocycles. The van der Waals surface area contributed by atoms with Gasteiger partial charge in [-0.2, -0.15) is 0 Å². The zero-order chi connectivity index (χ0) is 20.4. The van der Waals surface area contributed by atoms with Crippen LogP contribution in [0.3, 0.4) is 0 Å². The quantitative estimate of drug-likeness (QED) is 0.779. The van der Waals surface area contributed by atoms with Gasteiger partial charge < -0.3 is 10.2 Å². The molecule has 2 saturated heterocycles. The Balaban J connectivity index is 0.00000256. The largest absolute Gasteiger partial charge is 0.329 e. The molecule has 0 aromatic heterocycles. The van der Waals surface area contributed by atoms with Gasteiger partial charge in [0.25, 0.3) is 5.91 Å². The fourth-order valence-electron chi connectivity index (χ4n) is 3.66. The first-order valence-corrected chi connectivity index (χ1v) is 9.52. The van der Waals surface area contributed by atoms with Crippen molar-refractivity contribution in [3.05, 3.63) is 65.5 Å². The van der Waals surface area contributed by atoms with Crippen LogP contribution in [-0.4, -0.2) is 42.3 Å². The van der Waals surface area contributed by atoms with Gasteiger partial charge in [0.05, 0.1) is 11.7 Å². The van der Waals surface area contributed by atoms with Gasteiger partial charge >= 0.3 is 0 Å². The predicted octanol–water partition coefficient (Wildman–Crippen LogP) is 2.19. The first-order chi connectivity index (χ1) is 14.0. The lowest BCUT2D eigenvalue weighted by Crippen LogP contribution is -2.50. The predicted molar refractivity (Wildman–Crippen MR) is 112 cm³/mol. The number of piperazine rings is 1. The Morgan fingerprint density at radius 2 is 1.83 bits per heavy atom. The average molecular weight is 433 g/mol. The molecule has 158 valence electrons. The normalized spacial score (nSPS) is 19.2. The summed E-state index contributed by atoms with van der Waals surface area (Å²) in [5.41, 5.74) is 4.24. The molecule has 0 radical (unpaired) electrons. The second-order valence-corrected chi connectivity index (χ2v) is 7.08. The Kier molecular flexibility index (Phi) is 6.69. The second kappa shape index (κ2) is 9.23. The number of halogens is 2. The van der Waals surface area contributed by atoms with E-state index in [0.29, 0.717) is 30.9 Å². The van der Waals surface area contributed by atoms with Crippen LogP contribution in [0.25, 0.3) is 0 Å². The van der Waals surface area contributed by atoms with Gasteiger partial charge in [-0.15, -0.1) is 12.4 Å². The van der Waals surface area contributed by atoms with E-state index in [1.54, 1.807) is 35.2 Å². The second-order valence-electron chi connectivity index (χ2n) is 7.08. The Morgan fingerprint density at radius 3 is 2.57 bits per heavy atom. The molecule has 2 aromatic rings. The number of rotatable bonds is 3. The lowest BCUT2D eigenvalue weighted by molar-refractivity contribution is -0.130. The number of carbonyl (C=O) groups is 3. The van der Waals surface area contributed by atoms with Crippen LogP contribution in [0.15, 0.2) is 48.5 Å². The van der Waals surface area contributed by atoms with E-state index in [9.17, 15) is 18.8 Å². The third kappa shape index (κ3) is 4.44. The van der Waals surface area contributed by atoms with Crippen LogP contribution in [0.5, 0.6) is 0 Å². The number of benzene rings is 2. The average Bonchev–Trinajstić information content (AvgIpc) is 2.75. The molecule has 0 aliphatic carbocycles. The molecule has 7 nitrogen and oxygen atoms in total. The van der Waals surface area contributed by atoms with Gasteiger partial charge in [0, 0.05) is 38.0 Å². The van der Waals surface area contributed by atoms with Crippen molar-refractivity contribution < 1.29 is 18.8 Å². The number of anilines is 1. The third-order valence-corrected chi connectivity index (χ3v) is 5.16. The van der Waals surface area contributed by atoms with Crippen LogP contribution in [0.4, 0.5) is 10.1 Å². The van der Waals surface area contributed by atoms with Crippen LogP contribution in [0.2, 0.25) is 0 Å². The van der Waals surface area contributed by atoms with E-state index in [0.717, 1.165) is 5.56 Å². The zero-order valence-electron chi connectivity index (χ0n) is 16.1. The maximum atomic E-state index is 13.7. The molecule has 2 aliphatic heterocycles. The summed E-state index contributed by atoms with van der Waals surface area (Å²) in [5, 5.41) is 4.46. The number of hydrogen-bond donors (Lipinski definition) is 2. The molecular weight excluding hydrogens is 411 g/mol. The van der Waals surface area contributed by atoms with Crippen LogP contribution in [0.1, 0.15) is 34.8 Å². The van der Waals surface area contributed by atoms with Gasteiger partial charge in [-0.1, -0.05) is 12.1 Å². The van der Waals surface area contributed by atoms with E-state index in [4.69, 9.17) is 0 Å². The summed E-state index contributed by atoms with van der Waals surface area (Å²) >= 11 is 0. The van der Waals surface area contributed by atoms with Gasteiger partial charge in [-0.05, 0) is 42.0 Å². The summed E-state index contributed by atoms with van der Waals surface area (Å²) < 4.78 is 13.7. The summed E-state index contributed by atoms with van der Waals surface area (Å²) in [7, 11) is 0. The SMILES string of the molecule is Cl.O=C1CCC(=O)N(c2ccc(C(=O)N3CCNCC3c3cccc(F)c3)cc2)N1. The van der Waals surface area contributed by atoms with Crippen LogP contribution in [0, 0.1) is 5.82 Å². The highest BCUT2D eigenvalue weighted by Gasteiger charge is 2.29. The van der Waals surface area contributed by atoms with Crippen LogP contribution < -0.4 is 15.8 Å². The minimum atomic E-state index is -0.335.